The third-order valence-corrected chi connectivity index (χ3v) is 3.64. The number of rotatable bonds is 3. The molecule has 0 aliphatic heterocycles. The van der Waals surface area contributed by atoms with Crippen molar-refractivity contribution in [2.24, 2.45) is 0 Å². The molecule has 0 saturated heterocycles. The van der Waals surface area contributed by atoms with Gasteiger partial charge in [-0.15, -0.1) is 0 Å². The lowest BCUT2D eigenvalue weighted by atomic mass is 10.1. The van der Waals surface area contributed by atoms with Gasteiger partial charge < -0.3 is 0 Å². The third-order valence-electron chi connectivity index (χ3n) is 3.24. The predicted octanol–water partition coefficient (Wildman–Crippen LogP) is 4.00. The highest BCUT2D eigenvalue weighted by atomic mass is 35.5. The lowest BCUT2D eigenvalue weighted by molar-refractivity contribution is 0.0962. The van der Waals surface area contributed by atoms with Crippen LogP contribution in [0.3, 0.4) is 0 Å². The average molecular weight is 347 g/mol. The Morgan fingerprint density at radius 1 is 1.04 bits per heavy atom. The number of benzene rings is 2. The number of amides is 1. The van der Waals surface area contributed by atoms with Gasteiger partial charge >= 0.3 is 0 Å². The summed E-state index contributed by atoms with van der Waals surface area (Å²) in [5, 5.41) is 1.30. The Kier molecular flexibility index (Phi) is 4.32. The molecule has 0 saturated carbocycles. The molecule has 0 spiro atoms. The van der Waals surface area contributed by atoms with Gasteiger partial charge in [-0.1, -0.05) is 29.3 Å². The van der Waals surface area contributed by atoms with E-state index < -0.39 is 0 Å². The van der Waals surface area contributed by atoms with Crippen molar-refractivity contribution in [3.8, 4) is 0 Å². The minimum Gasteiger partial charge on any atom is -0.281 e. The first-order chi connectivity index (χ1) is 11.0. The van der Waals surface area contributed by atoms with Crippen molar-refractivity contribution >= 4 is 45.8 Å². The SMILES string of the molecule is Cc1ccc(C(=O)NNc2nc(Cl)nc3cc(Cl)ccc23)cc1. The Bertz CT molecular complexity index is 876. The van der Waals surface area contributed by atoms with Gasteiger partial charge in [-0.05, 0) is 48.9 Å². The number of anilines is 1. The van der Waals surface area contributed by atoms with Crippen molar-refractivity contribution in [1.82, 2.24) is 15.4 Å². The first kappa shape index (κ1) is 15.5. The zero-order chi connectivity index (χ0) is 16.4. The maximum absolute atomic E-state index is 12.1. The lowest BCUT2D eigenvalue weighted by Crippen LogP contribution is -2.30. The molecule has 1 amide bonds. The molecule has 2 N–H and O–H groups in total. The molecule has 0 fully saturated rings. The molecule has 0 aliphatic rings. The summed E-state index contributed by atoms with van der Waals surface area (Å²) in [5.41, 5.74) is 7.59. The quantitative estimate of drug-likeness (QED) is 0.555. The summed E-state index contributed by atoms with van der Waals surface area (Å²) in [6.45, 7) is 1.96. The smallest absolute Gasteiger partial charge is 0.269 e. The molecule has 0 radical (unpaired) electrons. The van der Waals surface area contributed by atoms with Crippen LogP contribution in [-0.4, -0.2) is 15.9 Å². The Labute approximate surface area is 142 Å². The number of carbonyl (C=O) groups is 1. The molecular weight excluding hydrogens is 335 g/mol. The number of fused-ring (bicyclic) bond motifs is 1. The molecule has 0 atom stereocenters. The lowest BCUT2D eigenvalue weighted by Gasteiger charge is -2.10. The Hall–Kier alpha value is -2.37. The molecule has 2 aromatic carbocycles. The molecule has 1 heterocycles. The van der Waals surface area contributed by atoms with E-state index in [2.05, 4.69) is 20.8 Å². The Balaban J connectivity index is 1.84. The monoisotopic (exact) mass is 346 g/mol. The highest BCUT2D eigenvalue weighted by Crippen LogP contribution is 2.24. The molecule has 1 aromatic heterocycles. The van der Waals surface area contributed by atoms with E-state index in [1.54, 1.807) is 30.3 Å². The van der Waals surface area contributed by atoms with Gasteiger partial charge in [-0.3, -0.25) is 15.6 Å². The summed E-state index contributed by atoms with van der Waals surface area (Å²) in [5.74, 6) is 0.124. The highest BCUT2D eigenvalue weighted by Gasteiger charge is 2.09. The number of nitrogens with zero attached hydrogens (tertiary/aromatic N) is 2. The van der Waals surface area contributed by atoms with E-state index in [1.165, 1.54) is 0 Å². The van der Waals surface area contributed by atoms with Crippen LogP contribution in [0.4, 0.5) is 5.82 Å². The second-order valence-corrected chi connectivity index (χ2v) is 5.72. The van der Waals surface area contributed by atoms with E-state index in [4.69, 9.17) is 23.2 Å². The van der Waals surface area contributed by atoms with Crippen LogP contribution in [-0.2, 0) is 0 Å². The second kappa shape index (κ2) is 6.40. The summed E-state index contributed by atoms with van der Waals surface area (Å²) in [4.78, 5) is 20.3. The number of carbonyl (C=O) groups excluding carboxylic acids is 1. The number of aromatic nitrogens is 2. The second-order valence-electron chi connectivity index (χ2n) is 4.95. The minimum atomic E-state index is -0.276. The molecule has 5 nitrogen and oxygen atoms in total. The van der Waals surface area contributed by atoms with Gasteiger partial charge in [0, 0.05) is 16.0 Å². The van der Waals surface area contributed by atoms with Gasteiger partial charge in [-0.2, -0.15) is 4.98 Å². The van der Waals surface area contributed by atoms with Crippen molar-refractivity contribution < 1.29 is 4.79 Å². The van der Waals surface area contributed by atoms with Crippen molar-refractivity contribution in [2.75, 3.05) is 5.43 Å². The third kappa shape index (κ3) is 3.52. The van der Waals surface area contributed by atoms with Crippen molar-refractivity contribution in [3.63, 3.8) is 0 Å². The topological polar surface area (TPSA) is 66.9 Å². The molecule has 116 valence electrons. The molecule has 0 aliphatic carbocycles. The fourth-order valence-electron chi connectivity index (χ4n) is 2.06. The minimum absolute atomic E-state index is 0.0619. The highest BCUT2D eigenvalue weighted by molar-refractivity contribution is 6.31. The van der Waals surface area contributed by atoms with Crippen LogP contribution in [0.25, 0.3) is 10.9 Å². The summed E-state index contributed by atoms with van der Waals surface area (Å²) in [6, 6.07) is 12.4. The van der Waals surface area contributed by atoms with Gasteiger partial charge in [0.1, 0.15) is 0 Å². The summed E-state index contributed by atoms with van der Waals surface area (Å²) in [6.07, 6.45) is 0. The van der Waals surface area contributed by atoms with Gasteiger partial charge in [0.05, 0.1) is 5.52 Å². The largest absolute Gasteiger partial charge is 0.281 e. The zero-order valence-corrected chi connectivity index (χ0v) is 13.6. The molecule has 7 heteroatoms. The van der Waals surface area contributed by atoms with Crippen LogP contribution in [0.15, 0.2) is 42.5 Å². The van der Waals surface area contributed by atoms with Crippen LogP contribution < -0.4 is 10.9 Å². The van der Waals surface area contributed by atoms with Gasteiger partial charge in [-0.25, -0.2) is 4.98 Å². The van der Waals surface area contributed by atoms with E-state index in [9.17, 15) is 4.79 Å². The Morgan fingerprint density at radius 3 is 2.52 bits per heavy atom. The number of hydrogen-bond donors (Lipinski definition) is 2. The Morgan fingerprint density at radius 2 is 1.78 bits per heavy atom. The summed E-state index contributed by atoms with van der Waals surface area (Å²) < 4.78 is 0. The fraction of sp³-hybridized carbons (Fsp3) is 0.0625. The van der Waals surface area contributed by atoms with Crippen molar-refractivity contribution in [3.05, 3.63) is 63.9 Å². The standard InChI is InChI=1S/C16H12Cl2N4O/c1-9-2-4-10(5-3-9)15(23)22-21-14-12-7-6-11(17)8-13(12)19-16(18)20-14/h2-8H,1H3,(H,22,23)(H,19,20,21). The first-order valence-corrected chi connectivity index (χ1v) is 7.54. The number of halogens is 2. The molecule has 0 bridgehead atoms. The first-order valence-electron chi connectivity index (χ1n) is 6.79. The number of aryl methyl sites for hydroxylation is 1. The van der Waals surface area contributed by atoms with Gasteiger partial charge in [0.2, 0.25) is 5.28 Å². The van der Waals surface area contributed by atoms with Crippen LogP contribution >= 0.6 is 23.2 Å². The van der Waals surface area contributed by atoms with Crippen molar-refractivity contribution in [2.45, 2.75) is 6.92 Å². The van der Waals surface area contributed by atoms with E-state index in [0.29, 0.717) is 27.3 Å². The van der Waals surface area contributed by atoms with Crippen LogP contribution in [0.5, 0.6) is 0 Å². The van der Waals surface area contributed by atoms with E-state index >= 15 is 0 Å². The van der Waals surface area contributed by atoms with Gasteiger partial charge in [0.15, 0.2) is 5.82 Å². The summed E-state index contributed by atoms with van der Waals surface area (Å²) >= 11 is 11.9. The van der Waals surface area contributed by atoms with Crippen LogP contribution in [0.2, 0.25) is 10.3 Å². The molecule has 0 unspecified atom stereocenters. The van der Waals surface area contributed by atoms with E-state index in [0.717, 1.165) is 5.56 Å². The number of nitrogens with one attached hydrogen (secondary N) is 2. The number of hydrazine groups is 1. The van der Waals surface area contributed by atoms with Gasteiger partial charge in [0.25, 0.3) is 5.91 Å². The predicted molar refractivity (Wildman–Crippen MR) is 91.8 cm³/mol. The normalized spacial score (nSPS) is 10.6. The zero-order valence-electron chi connectivity index (χ0n) is 12.1. The maximum Gasteiger partial charge on any atom is 0.269 e. The molecular formula is C16H12Cl2N4O. The number of hydrogen-bond acceptors (Lipinski definition) is 4. The van der Waals surface area contributed by atoms with Crippen LogP contribution in [0, 0.1) is 6.92 Å². The van der Waals surface area contributed by atoms with E-state index in [1.807, 2.05) is 19.1 Å². The summed E-state index contributed by atoms with van der Waals surface area (Å²) in [7, 11) is 0. The maximum atomic E-state index is 12.1. The molecule has 3 aromatic rings. The molecule has 3 rings (SSSR count). The van der Waals surface area contributed by atoms with Crippen molar-refractivity contribution in [1.29, 1.82) is 0 Å². The average Bonchev–Trinajstić information content (AvgIpc) is 2.52. The molecule has 23 heavy (non-hydrogen) atoms. The fourth-order valence-corrected chi connectivity index (χ4v) is 2.40. The van der Waals surface area contributed by atoms with E-state index in [-0.39, 0.29) is 11.2 Å². The van der Waals surface area contributed by atoms with Crippen LogP contribution in [0.1, 0.15) is 15.9 Å².